The number of benzene rings is 2. The minimum absolute atomic E-state index is 0.305. The molecular formula is C16H8FN5. The van der Waals surface area contributed by atoms with Crippen molar-refractivity contribution < 1.29 is 4.39 Å². The number of rotatable bonds is 0. The highest BCUT2D eigenvalue weighted by atomic mass is 19.1. The Hall–Kier alpha value is -3.15. The summed E-state index contributed by atoms with van der Waals surface area (Å²) in [6, 6.07) is 14.3. The summed E-state index contributed by atoms with van der Waals surface area (Å²) in [7, 11) is 0. The lowest BCUT2D eigenvalue weighted by Gasteiger charge is -2.07. The first kappa shape index (κ1) is 11.5. The predicted molar refractivity (Wildman–Crippen MR) is 81.1 cm³/mol. The number of hydrogen-bond donors (Lipinski definition) is 0. The van der Waals surface area contributed by atoms with Crippen LogP contribution in [0.25, 0.3) is 38.4 Å². The minimum Gasteiger partial charge on any atom is -0.245 e. The molecule has 22 heavy (non-hydrogen) atoms. The van der Waals surface area contributed by atoms with Gasteiger partial charge in [-0.25, -0.2) is 9.37 Å². The standard InChI is InChI=1S/C16H8FN5/c17-10-5-6-11-12(8-10)15-14(22-16(11)19-20-21-22)7-9-3-1-2-4-13(9)18-15/h1-8H. The third-order valence-corrected chi connectivity index (χ3v) is 3.88. The lowest BCUT2D eigenvalue weighted by molar-refractivity contribution is 0.630. The van der Waals surface area contributed by atoms with Gasteiger partial charge in [0, 0.05) is 16.2 Å². The second-order valence-corrected chi connectivity index (χ2v) is 5.15. The van der Waals surface area contributed by atoms with Gasteiger partial charge in [0.1, 0.15) is 5.82 Å². The van der Waals surface area contributed by atoms with Crippen LogP contribution >= 0.6 is 0 Å². The number of fused-ring (bicyclic) bond motifs is 7. The molecule has 0 saturated carbocycles. The summed E-state index contributed by atoms with van der Waals surface area (Å²) in [6.07, 6.45) is 0. The Morgan fingerprint density at radius 1 is 0.955 bits per heavy atom. The molecule has 6 heteroatoms. The van der Waals surface area contributed by atoms with Crippen molar-refractivity contribution in [3.05, 3.63) is 54.3 Å². The summed E-state index contributed by atoms with van der Waals surface area (Å²) in [6.45, 7) is 0. The van der Waals surface area contributed by atoms with Crippen molar-refractivity contribution in [3.63, 3.8) is 0 Å². The Labute approximate surface area is 123 Å². The second-order valence-electron chi connectivity index (χ2n) is 5.15. The first-order valence-electron chi connectivity index (χ1n) is 6.80. The summed E-state index contributed by atoms with van der Waals surface area (Å²) >= 11 is 0. The van der Waals surface area contributed by atoms with Crippen LogP contribution in [0.2, 0.25) is 0 Å². The molecule has 0 unspecified atom stereocenters. The molecule has 104 valence electrons. The number of tetrazole rings is 1. The van der Waals surface area contributed by atoms with Crippen LogP contribution in [0.15, 0.2) is 48.5 Å². The molecule has 0 aliphatic rings. The van der Waals surface area contributed by atoms with Gasteiger partial charge in [0.05, 0.1) is 16.6 Å². The van der Waals surface area contributed by atoms with Gasteiger partial charge in [-0.05, 0) is 40.8 Å². The molecule has 0 bridgehead atoms. The van der Waals surface area contributed by atoms with Gasteiger partial charge in [-0.1, -0.05) is 18.2 Å². The highest BCUT2D eigenvalue weighted by molar-refractivity contribution is 6.11. The number of halogens is 1. The molecule has 0 amide bonds. The lowest BCUT2D eigenvalue weighted by Crippen LogP contribution is -1.96. The molecular weight excluding hydrogens is 281 g/mol. The number of nitrogens with zero attached hydrogens (tertiary/aromatic N) is 5. The molecule has 0 radical (unpaired) electrons. The Bertz CT molecular complexity index is 1190. The predicted octanol–water partition coefficient (Wildman–Crippen LogP) is 3.12. The fourth-order valence-electron chi connectivity index (χ4n) is 2.89. The molecule has 2 aromatic carbocycles. The SMILES string of the molecule is Fc1ccc2c(c1)c1nc3ccccc3cc1n1nnnc21. The Kier molecular flexibility index (Phi) is 2.06. The quantitative estimate of drug-likeness (QED) is 0.325. The van der Waals surface area contributed by atoms with Crippen LogP contribution in [-0.2, 0) is 0 Å². The highest BCUT2D eigenvalue weighted by Gasteiger charge is 2.13. The number of hydrogen-bond acceptors (Lipinski definition) is 4. The van der Waals surface area contributed by atoms with Crippen LogP contribution in [0.3, 0.4) is 0 Å². The molecule has 3 aromatic heterocycles. The topological polar surface area (TPSA) is 56.0 Å². The van der Waals surface area contributed by atoms with Crippen LogP contribution in [-0.4, -0.2) is 25.0 Å². The molecule has 0 saturated heterocycles. The van der Waals surface area contributed by atoms with Gasteiger partial charge in [0.2, 0.25) is 0 Å². The Morgan fingerprint density at radius 2 is 1.86 bits per heavy atom. The average molecular weight is 289 g/mol. The van der Waals surface area contributed by atoms with Crippen molar-refractivity contribution in [2.75, 3.05) is 0 Å². The van der Waals surface area contributed by atoms with E-state index in [1.165, 1.54) is 12.1 Å². The van der Waals surface area contributed by atoms with E-state index in [2.05, 4.69) is 15.5 Å². The van der Waals surface area contributed by atoms with Crippen molar-refractivity contribution in [2.24, 2.45) is 0 Å². The molecule has 0 aliphatic carbocycles. The Morgan fingerprint density at radius 3 is 2.82 bits per heavy atom. The van der Waals surface area contributed by atoms with Crippen LogP contribution in [0.4, 0.5) is 4.39 Å². The van der Waals surface area contributed by atoms with E-state index in [-0.39, 0.29) is 5.82 Å². The van der Waals surface area contributed by atoms with E-state index in [0.717, 1.165) is 21.8 Å². The van der Waals surface area contributed by atoms with Crippen LogP contribution in [0, 0.1) is 5.82 Å². The van der Waals surface area contributed by atoms with E-state index in [1.54, 1.807) is 10.6 Å². The van der Waals surface area contributed by atoms with Gasteiger partial charge in [0.15, 0.2) is 5.65 Å². The first-order valence-corrected chi connectivity index (χ1v) is 6.80. The molecule has 3 heterocycles. The zero-order valence-corrected chi connectivity index (χ0v) is 11.2. The maximum atomic E-state index is 13.7. The van der Waals surface area contributed by atoms with Gasteiger partial charge in [0.25, 0.3) is 0 Å². The molecule has 0 spiro atoms. The van der Waals surface area contributed by atoms with Crippen LogP contribution in [0.5, 0.6) is 0 Å². The monoisotopic (exact) mass is 289 g/mol. The van der Waals surface area contributed by atoms with Crippen LogP contribution < -0.4 is 0 Å². The molecule has 0 atom stereocenters. The fraction of sp³-hybridized carbons (Fsp3) is 0. The van der Waals surface area contributed by atoms with E-state index in [4.69, 9.17) is 4.98 Å². The smallest absolute Gasteiger partial charge is 0.187 e. The van der Waals surface area contributed by atoms with E-state index < -0.39 is 0 Å². The van der Waals surface area contributed by atoms with Gasteiger partial charge in [-0.15, -0.1) is 5.10 Å². The van der Waals surface area contributed by atoms with Gasteiger partial charge < -0.3 is 0 Å². The normalized spacial score (nSPS) is 11.9. The lowest BCUT2D eigenvalue weighted by atomic mass is 10.1. The largest absolute Gasteiger partial charge is 0.245 e. The van der Waals surface area contributed by atoms with Crippen molar-refractivity contribution in [3.8, 4) is 0 Å². The molecule has 0 N–H and O–H groups in total. The maximum absolute atomic E-state index is 13.7. The summed E-state index contributed by atoms with van der Waals surface area (Å²) in [4.78, 5) is 4.69. The van der Waals surface area contributed by atoms with Crippen molar-refractivity contribution in [1.82, 2.24) is 25.0 Å². The van der Waals surface area contributed by atoms with Gasteiger partial charge in [-0.2, -0.15) is 4.52 Å². The zero-order chi connectivity index (χ0) is 14.7. The number of para-hydroxylation sites is 1. The second kappa shape index (κ2) is 3.94. The molecule has 5 nitrogen and oxygen atoms in total. The molecule has 5 rings (SSSR count). The van der Waals surface area contributed by atoms with Crippen molar-refractivity contribution >= 4 is 38.4 Å². The summed E-state index contributed by atoms with van der Waals surface area (Å²) in [5.74, 6) is -0.305. The maximum Gasteiger partial charge on any atom is 0.187 e. The Balaban J connectivity index is 2.16. The number of pyridine rings is 2. The zero-order valence-electron chi connectivity index (χ0n) is 11.2. The van der Waals surface area contributed by atoms with Crippen molar-refractivity contribution in [2.45, 2.75) is 0 Å². The fourth-order valence-corrected chi connectivity index (χ4v) is 2.89. The summed E-state index contributed by atoms with van der Waals surface area (Å²) in [5, 5.41) is 14.3. The molecule has 0 aliphatic heterocycles. The third-order valence-electron chi connectivity index (χ3n) is 3.88. The first-order chi connectivity index (χ1) is 10.8. The molecule has 5 aromatic rings. The van der Waals surface area contributed by atoms with Gasteiger partial charge in [-0.3, -0.25) is 0 Å². The van der Waals surface area contributed by atoms with E-state index >= 15 is 0 Å². The average Bonchev–Trinajstić information content (AvgIpc) is 3.03. The summed E-state index contributed by atoms with van der Waals surface area (Å²) < 4.78 is 15.4. The third kappa shape index (κ3) is 1.41. The van der Waals surface area contributed by atoms with Gasteiger partial charge >= 0.3 is 0 Å². The van der Waals surface area contributed by atoms with E-state index in [1.807, 2.05) is 30.3 Å². The summed E-state index contributed by atoms with van der Waals surface area (Å²) in [5.41, 5.74) is 2.90. The van der Waals surface area contributed by atoms with E-state index in [9.17, 15) is 4.39 Å². The number of aromatic nitrogens is 5. The van der Waals surface area contributed by atoms with Crippen molar-refractivity contribution in [1.29, 1.82) is 0 Å². The van der Waals surface area contributed by atoms with Crippen LogP contribution in [0.1, 0.15) is 0 Å². The molecule has 0 fully saturated rings. The van der Waals surface area contributed by atoms with E-state index in [0.29, 0.717) is 16.6 Å². The highest BCUT2D eigenvalue weighted by Crippen LogP contribution is 2.29. The minimum atomic E-state index is -0.305.